The fourth-order valence-corrected chi connectivity index (χ4v) is 3.75. The number of rotatable bonds is 5. The molecule has 1 N–H and O–H groups in total. The molecule has 8 nitrogen and oxygen atoms in total. The lowest BCUT2D eigenvalue weighted by atomic mass is 9.78. The van der Waals surface area contributed by atoms with Gasteiger partial charge in [-0.1, -0.05) is 40.5 Å². The normalized spacial score (nSPS) is 22.8. The van der Waals surface area contributed by atoms with Crippen LogP contribution in [0.4, 0.5) is 0 Å². The number of hydrogen-bond donors (Lipinski definition) is 1. The Balaban J connectivity index is 1.65. The molecule has 0 saturated heterocycles. The summed E-state index contributed by atoms with van der Waals surface area (Å²) in [6.07, 6.45) is 6.10. The highest BCUT2D eigenvalue weighted by molar-refractivity contribution is 5.92. The van der Waals surface area contributed by atoms with Crippen LogP contribution in [0.15, 0.2) is 12.5 Å². The van der Waals surface area contributed by atoms with Gasteiger partial charge in [-0.15, -0.1) is 0 Å². The summed E-state index contributed by atoms with van der Waals surface area (Å²) in [5, 5.41) is 7.14. The molecule has 2 heterocycles. The predicted octanol–water partition coefficient (Wildman–Crippen LogP) is 2.35. The van der Waals surface area contributed by atoms with Gasteiger partial charge in [-0.3, -0.25) is 4.79 Å². The van der Waals surface area contributed by atoms with E-state index in [0.29, 0.717) is 28.9 Å². The van der Waals surface area contributed by atoms with Crippen LogP contribution in [0.3, 0.4) is 0 Å². The zero-order valence-corrected chi connectivity index (χ0v) is 16.3. The van der Waals surface area contributed by atoms with Crippen molar-refractivity contribution in [2.24, 2.45) is 11.8 Å². The molecule has 3 unspecified atom stereocenters. The lowest BCUT2D eigenvalue weighted by Crippen LogP contribution is -2.45. The first-order valence-corrected chi connectivity index (χ1v) is 9.53. The second-order valence-corrected chi connectivity index (χ2v) is 7.70. The number of aromatic nitrogens is 4. The minimum absolute atomic E-state index is 0.0122. The molecule has 0 aromatic carbocycles. The number of nitrogens with one attached hydrogen (secondary N) is 1. The molecule has 1 aliphatic rings. The Morgan fingerprint density at radius 1 is 1.30 bits per heavy atom. The van der Waals surface area contributed by atoms with Gasteiger partial charge in [0.1, 0.15) is 6.33 Å². The number of nitrogens with zero attached hydrogens (tertiary/aromatic N) is 4. The van der Waals surface area contributed by atoms with E-state index in [9.17, 15) is 9.59 Å². The van der Waals surface area contributed by atoms with Crippen LogP contribution in [-0.2, 0) is 9.53 Å². The molecule has 1 saturated carbocycles. The van der Waals surface area contributed by atoms with Crippen LogP contribution in [0.25, 0.3) is 5.78 Å². The van der Waals surface area contributed by atoms with E-state index < -0.39 is 5.97 Å². The largest absolute Gasteiger partial charge is 0.452 e. The van der Waals surface area contributed by atoms with Crippen LogP contribution in [0.2, 0.25) is 0 Å². The molecule has 0 spiro atoms. The third kappa shape index (κ3) is 4.09. The van der Waals surface area contributed by atoms with Gasteiger partial charge < -0.3 is 10.1 Å². The summed E-state index contributed by atoms with van der Waals surface area (Å²) in [6, 6.07) is 0.138. The molecule has 1 fully saturated rings. The Bertz CT molecular complexity index is 832. The van der Waals surface area contributed by atoms with Crippen molar-refractivity contribution < 1.29 is 14.3 Å². The minimum atomic E-state index is -0.580. The first-order chi connectivity index (χ1) is 12.9. The molecule has 3 rings (SSSR count). The standard InChI is InChI=1S/C19H27N5O3/c1-11(2)17-14(8-20-19-21-10-22-24(17)19)18(26)27-9-16(25)23-15-7-5-6-12(3)13(15)4/h8,10-13,15H,5-7,9H2,1-4H3,(H,23,25). The number of esters is 1. The summed E-state index contributed by atoms with van der Waals surface area (Å²) >= 11 is 0. The molecule has 2 aromatic rings. The number of ether oxygens (including phenoxy) is 1. The highest BCUT2D eigenvalue weighted by Gasteiger charge is 2.28. The zero-order valence-electron chi connectivity index (χ0n) is 16.3. The van der Waals surface area contributed by atoms with E-state index in [2.05, 4.69) is 34.2 Å². The number of carbonyl (C=O) groups is 2. The van der Waals surface area contributed by atoms with E-state index in [0.717, 1.165) is 12.8 Å². The quantitative estimate of drug-likeness (QED) is 0.808. The highest BCUT2D eigenvalue weighted by atomic mass is 16.5. The van der Waals surface area contributed by atoms with Crippen molar-refractivity contribution in [2.75, 3.05) is 6.61 Å². The number of hydrogen-bond acceptors (Lipinski definition) is 6. The van der Waals surface area contributed by atoms with Crippen molar-refractivity contribution in [1.82, 2.24) is 24.9 Å². The lowest BCUT2D eigenvalue weighted by Gasteiger charge is -2.34. The molecule has 8 heteroatoms. The third-order valence-electron chi connectivity index (χ3n) is 5.50. The molecular formula is C19H27N5O3. The summed E-state index contributed by atoms with van der Waals surface area (Å²) in [5.41, 5.74) is 0.966. The highest BCUT2D eigenvalue weighted by Crippen LogP contribution is 2.29. The van der Waals surface area contributed by atoms with E-state index in [1.54, 1.807) is 0 Å². The SMILES string of the molecule is CC(C)c1c(C(=O)OCC(=O)NC2CCCC(C)C2C)cnc2ncnn12. The van der Waals surface area contributed by atoms with Crippen molar-refractivity contribution in [3.8, 4) is 0 Å². The van der Waals surface area contributed by atoms with Gasteiger partial charge in [0.2, 0.25) is 0 Å². The molecule has 3 atom stereocenters. The van der Waals surface area contributed by atoms with Gasteiger partial charge in [0.15, 0.2) is 6.61 Å². The fourth-order valence-electron chi connectivity index (χ4n) is 3.75. The van der Waals surface area contributed by atoms with Gasteiger partial charge >= 0.3 is 5.97 Å². The van der Waals surface area contributed by atoms with Crippen LogP contribution in [-0.4, -0.2) is 44.1 Å². The molecule has 1 amide bonds. The smallest absolute Gasteiger partial charge is 0.342 e. The van der Waals surface area contributed by atoms with Crippen LogP contribution in [0.1, 0.15) is 68.9 Å². The van der Waals surface area contributed by atoms with Gasteiger partial charge in [-0.25, -0.2) is 14.3 Å². The summed E-state index contributed by atoms with van der Waals surface area (Å²) in [6.45, 7) is 7.97. The average molecular weight is 373 g/mol. The maximum absolute atomic E-state index is 12.5. The molecule has 0 radical (unpaired) electrons. The van der Waals surface area contributed by atoms with Crippen molar-refractivity contribution >= 4 is 17.7 Å². The number of fused-ring (bicyclic) bond motifs is 1. The maximum Gasteiger partial charge on any atom is 0.342 e. The summed E-state index contributed by atoms with van der Waals surface area (Å²) in [5.74, 6) is 0.594. The minimum Gasteiger partial charge on any atom is -0.452 e. The molecular weight excluding hydrogens is 346 g/mol. The Labute approximate surface area is 158 Å². The van der Waals surface area contributed by atoms with Crippen LogP contribution >= 0.6 is 0 Å². The van der Waals surface area contributed by atoms with Gasteiger partial charge in [0.25, 0.3) is 11.7 Å². The number of carbonyl (C=O) groups excluding carboxylic acids is 2. The van der Waals surface area contributed by atoms with Crippen LogP contribution in [0.5, 0.6) is 0 Å². The fraction of sp³-hybridized carbons (Fsp3) is 0.632. The van der Waals surface area contributed by atoms with Gasteiger partial charge in [-0.2, -0.15) is 10.1 Å². The Hall–Kier alpha value is -2.51. The monoisotopic (exact) mass is 373 g/mol. The Morgan fingerprint density at radius 3 is 2.81 bits per heavy atom. The molecule has 2 aromatic heterocycles. The zero-order chi connectivity index (χ0) is 19.6. The van der Waals surface area contributed by atoms with E-state index >= 15 is 0 Å². The van der Waals surface area contributed by atoms with E-state index in [-0.39, 0.29) is 24.5 Å². The molecule has 0 aliphatic heterocycles. The van der Waals surface area contributed by atoms with E-state index in [1.807, 2.05) is 13.8 Å². The Morgan fingerprint density at radius 2 is 2.07 bits per heavy atom. The third-order valence-corrected chi connectivity index (χ3v) is 5.50. The second kappa shape index (κ2) is 8.02. The van der Waals surface area contributed by atoms with Gasteiger partial charge in [-0.05, 0) is 24.2 Å². The molecule has 0 bridgehead atoms. The van der Waals surface area contributed by atoms with Crippen LogP contribution < -0.4 is 5.32 Å². The summed E-state index contributed by atoms with van der Waals surface area (Å²) in [4.78, 5) is 33.0. The average Bonchev–Trinajstić information content (AvgIpc) is 3.11. The van der Waals surface area contributed by atoms with Crippen molar-refractivity contribution in [1.29, 1.82) is 0 Å². The van der Waals surface area contributed by atoms with E-state index in [4.69, 9.17) is 4.74 Å². The van der Waals surface area contributed by atoms with Crippen LogP contribution in [0, 0.1) is 11.8 Å². The molecule has 27 heavy (non-hydrogen) atoms. The first kappa shape index (κ1) is 19.3. The lowest BCUT2D eigenvalue weighted by molar-refractivity contribution is -0.125. The predicted molar refractivity (Wildman–Crippen MR) is 99.3 cm³/mol. The van der Waals surface area contributed by atoms with E-state index in [1.165, 1.54) is 23.5 Å². The number of amides is 1. The summed E-state index contributed by atoms with van der Waals surface area (Å²) in [7, 11) is 0. The van der Waals surface area contributed by atoms with Crippen molar-refractivity contribution in [3.63, 3.8) is 0 Å². The topological polar surface area (TPSA) is 98.5 Å². The van der Waals surface area contributed by atoms with Gasteiger partial charge in [0, 0.05) is 12.2 Å². The maximum atomic E-state index is 12.5. The van der Waals surface area contributed by atoms with Crippen molar-refractivity contribution in [3.05, 3.63) is 23.8 Å². The summed E-state index contributed by atoms with van der Waals surface area (Å²) < 4.78 is 6.79. The Kier molecular flexibility index (Phi) is 5.72. The van der Waals surface area contributed by atoms with Crippen molar-refractivity contribution in [2.45, 2.75) is 58.9 Å². The molecule has 1 aliphatic carbocycles. The first-order valence-electron chi connectivity index (χ1n) is 9.53. The second-order valence-electron chi connectivity index (χ2n) is 7.70. The molecule has 146 valence electrons. The van der Waals surface area contributed by atoms with Gasteiger partial charge in [0.05, 0.1) is 11.3 Å².